The van der Waals surface area contributed by atoms with Gasteiger partial charge in [0.2, 0.25) is 5.75 Å². The Kier molecular flexibility index (Phi) is 3.99. The number of hydrogen-bond donors (Lipinski definition) is 1. The van der Waals surface area contributed by atoms with E-state index in [1.54, 1.807) is 24.3 Å². The monoisotopic (exact) mass is 337 g/mol. The first-order valence-electron chi connectivity index (χ1n) is 5.43. The Morgan fingerprint density at radius 1 is 1.20 bits per heavy atom. The lowest BCUT2D eigenvalue weighted by Crippen LogP contribution is -2.00. The van der Waals surface area contributed by atoms with Gasteiger partial charge in [-0.05, 0) is 40.2 Å². The molecule has 0 aromatic heterocycles. The van der Waals surface area contributed by atoms with E-state index in [0.29, 0.717) is 10.2 Å². The number of para-hydroxylation sites is 1. The molecule has 2 rings (SSSR count). The quantitative estimate of drug-likeness (QED) is 0.676. The fourth-order valence-corrected chi connectivity index (χ4v) is 1.89. The normalized spacial score (nSPS) is 10.1. The van der Waals surface area contributed by atoms with Gasteiger partial charge in [0, 0.05) is 6.07 Å². The first kappa shape index (κ1) is 14.0. The van der Waals surface area contributed by atoms with Crippen molar-refractivity contribution in [3.8, 4) is 11.5 Å². The van der Waals surface area contributed by atoms with Gasteiger partial charge >= 0.3 is 11.7 Å². The molecule has 0 aliphatic rings. The molecule has 0 spiro atoms. The molecule has 0 aliphatic heterocycles. The highest BCUT2D eigenvalue weighted by Crippen LogP contribution is 2.35. The highest BCUT2D eigenvalue weighted by Gasteiger charge is 2.19. The molecule has 6 nitrogen and oxygen atoms in total. The summed E-state index contributed by atoms with van der Waals surface area (Å²) < 4.78 is 6.09. The number of aromatic carboxylic acids is 1. The Morgan fingerprint density at radius 2 is 1.90 bits per heavy atom. The second-order valence-corrected chi connectivity index (χ2v) is 4.63. The van der Waals surface area contributed by atoms with Crippen LogP contribution in [0.2, 0.25) is 0 Å². The number of carboxylic acid groups (broad SMARTS) is 1. The topological polar surface area (TPSA) is 89.7 Å². The van der Waals surface area contributed by atoms with Crippen LogP contribution in [-0.4, -0.2) is 16.0 Å². The Balaban J connectivity index is 2.44. The standard InChI is InChI=1S/C13H8BrNO5/c14-9-3-1-2-4-11(9)20-12-6-5-8(13(16)17)7-10(12)15(18)19/h1-7H,(H,16,17). The largest absolute Gasteiger partial charge is 0.478 e. The van der Waals surface area contributed by atoms with E-state index >= 15 is 0 Å². The number of halogens is 1. The van der Waals surface area contributed by atoms with Crippen LogP contribution in [0.5, 0.6) is 11.5 Å². The molecule has 102 valence electrons. The van der Waals surface area contributed by atoms with Gasteiger partial charge in [0.1, 0.15) is 5.75 Å². The molecule has 0 saturated carbocycles. The van der Waals surface area contributed by atoms with Gasteiger partial charge in [-0.1, -0.05) is 12.1 Å². The fourth-order valence-electron chi connectivity index (χ4n) is 1.53. The van der Waals surface area contributed by atoms with Crippen molar-refractivity contribution in [2.45, 2.75) is 0 Å². The van der Waals surface area contributed by atoms with Crippen LogP contribution in [0.3, 0.4) is 0 Å². The summed E-state index contributed by atoms with van der Waals surface area (Å²) in [4.78, 5) is 21.1. The summed E-state index contributed by atoms with van der Waals surface area (Å²) in [7, 11) is 0. The lowest BCUT2D eigenvalue weighted by Gasteiger charge is -2.08. The minimum atomic E-state index is -1.24. The van der Waals surface area contributed by atoms with E-state index < -0.39 is 16.6 Å². The predicted molar refractivity (Wildman–Crippen MR) is 74.3 cm³/mol. The number of ether oxygens (including phenoxy) is 1. The molecule has 0 heterocycles. The average molecular weight is 338 g/mol. The minimum absolute atomic E-state index is 0.0214. The summed E-state index contributed by atoms with van der Waals surface area (Å²) >= 11 is 3.26. The molecule has 0 atom stereocenters. The molecule has 20 heavy (non-hydrogen) atoms. The molecule has 2 aromatic carbocycles. The maximum absolute atomic E-state index is 11.0. The van der Waals surface area contributed by atoms with Crippen molar-refractivity contribution in [2.24, 2.45) is 0 Å². The highest BCUT2D eigenvalue weighted by molar-refractivity contribution is 9.10. The molecule has 0 unspecified atom stereocenters. The fraction of sp³-hybridized carbons (Fsp3) is 0. The van der Waals surface area contributed by atoms with Crippen molar-refractivity contribution in [1.29, 1.82) is 0 Å². The zero-order chi connectivity index (χ0) is 14.7. The van der Waals surface area contributed by atoms with Crippen LogP contribution in [0.1, 0.15) is 10.4 Å². The molecule has 0 amide bonds. The van der Waals surface area contributed by atoms with Gasteiger partial charge < -0.3 is 9.84 Å². The van der Waals surface area contributed by atoms with Crippen LogP contribution in [0.15, 0.2) is 46.9 Å². The zero-order valence-corrected chi connectivity index (χ0v) is 11.5. The van der Waals surface area contributed by atoms with Gasteiger partial charge in [0.25, 0.3) is 0 Å². The van der Waals surface area contributed by atoms with Crippen LogP contribution in [0.4, 0.5) is 5.69 Å². The van der Waals surface area contributed by atoms with Gasteiger partial charge in [0.05, 0.1) is 15.0 Å². The van der Waals surface area contributed by atoms with Crippen molar-refractivity contribution in [1.82, 2.24) is 0 Å². The van der Waals surface area contributed by atoms with E-state index in [9.17, 15) is 14.9 Å². The molecule has 1 N–H and O–H groups in total. The summed E-state index contributed by atoms with van der Waals surface area (Å²) in [5.41, 5.74) is -0.572. The van der Waals surface area contributed by atoms with E-state index in [1.807, 2.05) is 0 Å². The predicted octanol–water partition coefficient (Wildman–Crippen LogP) is 3.85. The summed E-state index contributed by atoms with van der Waals surface area (Å²) in [6.45, 7) is 0. The molecule has 7 heteroatoms. The third-order valence-corrected chi connectivity index (χ3v) is 3.11. The second-order valence-electron chi connectivity index (χ2n) is 3.78. The summed E-state index contributed by atoms with van der Waals surface area (Å²) in [6, 6.07) is 10.3. The Morgan fingerprint density at radius 3 is 2.50 bits per heavy atom. The van der Waals surface area contributed by atoms with Gasteiger partial charge in [-0.25, -0.2) is 4.79 Å². The zero-order valence-electron chi connectivity index (χ0n) is 9.95. The number of carbonyl (C=O) groups is 1. The SMILES string of the molecule is O=C(O)c1ccc(Oc2ccccc2Br)c([N+](=O)[O-])c1. The first-order valence-corrected chi connectivity index (χ1v) is 6.22. The number of nitro groups is 1. The Hall–Kier alpha value is -2.41. The molecule has 0 fully saturated rings. The van der Waals surface area contributed by atoms with E-state index in [1.165, 1.54) is 12.1 Å². The molecule has 0 aliphatic carbocycles. The van der Waals surface area contributed by atoms with Gasteiger partial charge in [-0.2, -0.15) is 0 Å². The second kappa shape index (κ2) is 5.70. The van der Waals surface area contributed by atoms with Crippen molar-refractivity contribution in [3.63, 3.8) is 0 Å². The van der Waals surface area contributed by atoms with E-state index in [2.05, 4.69) is 15.9 Å². The lowest BCUT2D eigenvalue weighted by atomic mass is 10.2. The number of nitro benzene ring substituents is 1. The molecule has 0 saturated heterocycles. The van der Waals surface area contributed by atoms with Crippen LogP contribution < -0.4 is 4.74 Å². The van der Waals surface area contributed by atoms with Crippen LogP contribution in [0.25, 0.3) is 0 Å². The third kappa shape index (κ3) is 2.94. The smallest absolute Gasteiger partial charge is 0.335 e. The van der Waals surface area contributed by atoms with Crippen molar-refractivity contribution in [3.05, 3.63) is 62.6 Å². The number of hydrogen-bond acceptors (Lipinski definition) is 4. The van der Waals surface area contributed by atoms with Crippen molar-refractivity contribution < 1.29 is 19.6 Å². The van der Waals surface area contributed by atoms with Gasteiger partial charge in [-0.3, -0.25) is 10.1 Å². The molecule has 2 aromatic rings. The lowest BCUT2D eigenvalue weighted by molar-refractivity contribution is -0.385. The minimum Gasteiger partial charge on any atom is -0.478 e. The molecular formula is C13H8BrNO5. The number of nitrogens with zero attached hydrogens (tertiary/aromatic N) is 1. The van der Waals surface area contributed by atoms with E-state index in [4.69, 9.17) is 9.84 Å². The van der Waals surface area contributed by atoms with Crippen LogP contribution in [0, 0.1) is 10.1 Å². The molecular weight excluding hydrogens is 330 g/mol. The number of rotatable bonds is 4. The average Bonchev–Trinajstić information content (AvgIpc) is 2.41. The van der Waals surface area contributed by atoms with Crippen molar-refractivity contribution in [2.75, 3.05) is 0 Å². The maximum Gasteiger partial charge on any atom is 0.335 e. The first-order chi connectivity index (χ1) is 9.49. The van der Waals surface area contributed by atoms with Gasteiger partial charge in [-0.15, -0.1) is 0 Å². The summed E-state index contributed by atoms with van der Waals surface area (Å²) in [5.74, 6) is -0.855. The third-order valence-electron chi connectivity index (χ3n) is 2.46. The highest BCUT2D eigenvalue weighted by atomic mass is 79.9. The molecule has 0 radical (unpaired) electrons. The van der Waals surface area contributed by atoms with Gasteiger partial charge in [0.15, 0.2) is 0 Å². The van der Waals surface area contributed by atoms with E-state index in [-0.39, 0.29) is 11.3 Å². The number of benzene rings is 2. The Labute approximate surface area is 121 Å². The maximum atomic E-state index is 11.0. The summed E-state index contributed by atoms with van der Waals surface area (Å²) in [6.07, 6.45) is 0. The Bertz CT molecular complexity index is 686. The van der Waals surface area contributed by atoms with E-state index in [0.717, 1.165) is 6.07 Å². The van der Waals surface area contributed by atoms with Crippen molar-refractivity contribution >= 4 is 27.6 Å². The molecule has 0 bridgehead atoms. The van der Waals surface area contributed by atoms with Crippen LogP contribution >= 0.6 is 15.9 Å². The van der Waals surface area contributed by atoms with Crippen LogP contribution in [-0.2, 0) is 0 Å². The number of carboxylic acids is 1. The summed E-state index contributed by atoms with van der Waals surface area (Å²) in [5, 5.41) is 19.8.